The fourth-order valence-electron chi connectivity index (χ4n) is 4.39. The van der Waals surface area contributed by atoms with Crippen molar-refractivity contribution in [1.82, 2.24) is 4.90 Å². The van der Waals surface area contributed by atoms with E-state index in [4.69, 9.17) is 5.73 Å². The van der Waals surface area contributed by atoms with Gasteiger partial charge in [0.2, 0.25) is 0 Å². The zero-order chi connectivity index (χ0) is 14.8. The zero-order valence-corrected chi connectivity index (χ0v) is 14.6. The van der Waals surface area contributed by atoms with Crippen LogP contribution in [-0.2, 0) is 0 Å². The Morgan fingerprint density at radius 2 is 2.10 bits per heavy atom. The third-order valence-electron chi connectivity index (χ3n) is 5.48. The van der Waals surface area contributed by atoms with Crippen LogP contribution in [0.5, 0.6) is 0 Å². The van der Waals surface area contributed by atoms with Gasteiger partial charge in [-0.25, -0.2) is 0 Å². The predicted octanol–water partition coefficient (Wildman–Crippen LogP) is 4.49. The average Bonchev–Trinajstić information content (AvgIpc) is 2.91. The molecule has 1 heterocycles. The van der Waals surface area contributed by atoms with Crippen molar-refractivity contribution in [2.24, 2.45) is 11.7 Å². The summed E-state index contributed by atoms with van der Waals surface area (Å²) in [5.74, 6) is 0.914. The molecule has 21 heavy (non-hydrogen) atoms. The molecule has 1 aromatic carbocycles. The highest BCUT2D eigenvalue weighted by Crippen LogP contribution is 2.42. The number of nitrogens with zero attached hydrogens (tertiary/aromatic N) is 1. The molecule has 1 saturated carbocycles. The molecule has 2 nitrogen and oxygen atoms in total. The maximum absolute atomic E-state index is 6.54. The van der Waals surface area contributed by atoms with E-state index in [1.807, 2.05) is 0 Å². The Morgan fingerprint density at radius 3 is 2.86 bits per heavy atom. The summed E-state index contributed by atoms with van der Waals surface area (Å²) in [4.78, 5) is 2.74. The standard InChI is InChI=1S/C18H27BrN2/c1-2-16(20)18(14-7-5-8-15(19)12-14)21-11-10-13-6-3-4-9-17(13)21/h5,7-8,12-13,16-18H,2-4,6,9-11,20H2,1H3. The number of nitrogens with two attached hydrogens (primary N) is 1. The highest BCUT2D eigenvalue weighted by atomic mass is 79.9. The van der Waals surface area contributed by atoms with Gasteiger partial charge < -0.3 is 5.73 Å². The monoisotopic (exact) mass is 350 g/mol. The molecule has 4 atom stereocenters. The van der Waals surface area contributed by atoms with E-state index in [1.54, 1.807) is 0 Å². The van der Waals surface area contributed by atoms with Crippen LogP contribution in [0.4, 0.5) is 0 Å². The van der Waals surface area contributed by atoms with Gasteiger partial charge in [-0.3, -0.25) is 4.90 Å². The fraction of sp³-hybridized carbons (Fsp3) is 0.667. The number of halogens is 1. The summed E-state index contributed by atoms with van der Waals surface area (Å²) in [5.41, 5.74) is 7.92. The Morgan fingerprint density at radius 1 is 1.29 bits per heavy atom. The molecule has 0 radical (unpaired) electrons. The Balaban J connectivity index is 1.89. The smallest absolute Gasteiger partial charge is 0.0502 e. The molecule has 2 fully saturated rings. The second kappa shape index (κ2) is 6.80. The first-order chi connectivity index (χ1) is 10.2. The molecule has 2 N–H and O–H groups in total. The average molecular weight is 351 g/mol. The topological polar surface area (TPSA) is 29.3 Å². The van der Waals surface area contributed by atoms with Crippen molar-refractivity contribution in [3.8, 4) is 0 Å². The molecule has 0 spiro atoms. The molecule has 3 rings (SSSR count). The van der Waals surface area contributed by atoms with Crippen LogP contribution in [0.2, 0.25) is 0 Å². The minimum absolute atomic E-state index is 0.222. The summed E-state index contributed by atoms with van der Waals surface area (Å²) in [5, 5.41) is 0. The third-order valence-corrected chi connectivity index (χ3v) is 5.97. The quantitative estimate of drug-likeness (QED) is 0.866. The van der Waals surface area contributed by atoms with Crippen LogP contribution in [0.1, 0.15) is 57.1 Å². The van der Waals surface area contributed by atoms with Gasteiger partial charge in [-0.15, -0.1) is 0 Å². The van der Waals surface area contributed by atoms with Gasteiger partial charge in [-0.1, -0.05) is 47.8 Å². The normalized spacial score (nSPS) is 29.1. The molecular formula is C18H27BrN2. The Bertz CT molecular complexity index is 476. The van der Waals surface area contributed by atoms with Crippen LogP contribution in [0.25, 0.3) is 0 Å². The first-order valence-electron chi connectivity index (χ1n) is 8.47. The van der Waals surface area contributed by atoms with Crippen molar-refractivity contribution >= 4 is 15.9 Å². The van der Waals surface area contributed by atoms with Crippen molar-refractivity contribution in [1.29, 1.82) is 0 Å². The van der Waals surface area contributed by atoms with Gasteiger partial charge in [-0.2, -0.15) is 0 Å². The molecule has 4 unspecified atom stereocenters. The third kappa shape index (κ3) is 3.20. The van der Waals surface area contributed by atoms with Crippen LogP contribution in [0, 0.1) is 5.92 Å². The summed E-state index contributed by atoms with van der Waals surface area (Å²) in [6, 6.07) is 10.1. The molecule has 1 aromatic rings. The van der Waals surface area contributed by atoms with Crippen LogP contribution < -0.4 is 5.73 Å². The summed E-state index contributed by atoms with van der Waals surface area (Å²) in [6.07, 6.45) is 8.01. The highest BCUT2D eigenvalue weighted by molar-refractivity contribution is 9.10. The fourth-order valence-corrected chi connectivity index (χ4v) is 4.80. The van der Waals surface area contributed by atoms with E-state index in [0.29, 0.717) is 6.04 Å². The number of hydrogen-bond donors (Lipinski definition) is 1. The van der Waals surface area contributed by atoms with Crippen molar-refractivity contribution < 1.29 is 0 Å². The van der Waals surface area contributed by atoms with Crippen LogP contribution in [0.15, 0.2) is 28.7 Å². The second-order valence-electron chi connectivity index (χ2n) is 6.71. The van der Waals surface area contributed by atoms with Gasteiger partial charge >= 0.3 is 0 Å². The van der Waals surface area contributed by atoms with Crippen LogP contribution in [0.3, 0.4) is 0 Å². The lowest BCUT2D eigenvalue weighted by molar-refractivity contribution is 0.114. The molecule has 1 aliphatic heterocycles. The van der Waals surface area contributed by atoms with Crippen molar-refractivity contribution in [2.45, 2.75) is 63.6 Å². The largest absolute Gasteiger partial charge is 0.326 e. The summed E-state index contributed by atoms with van der Waals surface area (Å²) in [7, 11) is 0. The molecule has 2 aliphatic rings. The lowest BCUT2D eigenvalue weighted by atomic mass is 9.84. The number of benzene rings is 1. The van der Waals surface area contributed by atoms with Crippen molar-refractivity contribution in [3.05, 3.63) is 34.3 Å². The van der Waals surface area contributed by atoms with Crippen molar-refractivity contribution in [3.63, 3.8) is 0 Å². The Labute approximate surface area is 137 Å². The van der Waals surface area contributed by atoms with Gasteiger partial charge in [0.1, 0.15) is 0 Å². The summed E-state index contributed by atoms with van der Waals surface area (Å²) in [6.45, 7) is 3.43. The second-order valence-corrected chi connectivity index (χ2v) is 7.63. The van der Waals surface area contributed by atoms with E-state index in [2.05, 4.69) is 52.0 Å². The number of hydrogen-bond acceptors (Lipinski definition) is 2. The maximum Gasteiger partial charge on any atom is 0.0502 e. The molecule has 0 bridgehead atoms. The first-order valence-corrected chi connectivity index (χ1v) is 9.26. The van der Waals surface area contributed by atoms with Crippen LogP contribution in [-0.4, -0.2) is 23.5 Å². The number of fused-ring (bicyclic) bond motifs is 1. The van der Waals surface area contributed by atoms with Gasteiger partial charge in [0, 0.05) is 16.6 Å². The van der Waals surface area contributed by atoms with Gasteiger partial charge in [0.25, 0.3) is 0 Å². The van der Waals surface area contributed by atoms with Crippen molar-refractivity contribution in [2.75, 3.05) is 6.54 Å². The molecule has 3 heteroatoms. The maximum atomic E-state index is 6.54. The zero-order valence-electron chi connectivity index (χ0n) is 13.0. The van der Waals surface area contributed by atoms with Gasteiger partial charge in [-0.05, 0) is 55.8 Å². The molecule has 0 aromatic heterocycles. The summed E-state index contributed by atoms with van der Waals surface area (Å²) < 4.78 is 1.16. The lowest BCUT2D eigenvalue weighted by Crippen LogP contribution is -2.45. The molecular weight excluding hydrogens is 324 g/mol. The molecule has 1 saturated heterocycles. The molecule has 0 amide bonds. The minimum atomic E-state index is 0.222. The summed E-state index contributed by atoms with van der Waals surface area (Å²) >= 11 is 3.62. The number of rotatable bonds is 4. The predicted molar refractivity (Wildman–Crippen MR) is 92.2 cm³/mol. The lowest BCUT2D eigenvalue weighted by Gasteiger charge is -2.40. The van der Waals surface area contributed by atoms with E-state index < -0.39 is 0 Å². The van der Waals surface area contributed by atoms with E-state index >= 15 is 0 Å². The number of likely N-dealkylation sites (tertiary alicyclic amines) is 1. The van der Waals surface area contributed by atoms with Gasteiger partial charge in [0.05, 0.1) is 6.04 Å². The molecule has 1 aliphatic carbocycles. The Kier molecular flexibility index (Phi) is 5.03. The first kappa shape index (κ1) is 15.5. The van der Waals surface area contributed by atoms with E-state index in [1.165, 1.54) is 44.2 Å². The SMILES string of the molecule is CCC(N)C(c1cccc(Br)c1)N1CCC2CCCCC21. The highest BCUT2D eigenvalue weighted by Gasteiger charge is 2.40. The van der Waals surface area contributed by atoms with E-state index in [0.717, 1.165) is 22.9 Å². The molecule has 116 valence electrons. The Hall–Kier alpha value is -0.380. The van der Waals surface area contributed by atoms with E-state index in [9.17, 15) is 0 Å². The van der Waals surface area contributed by atoms with Gasteiger partial charge in [0.15, 0.2) is 0 Å². The minimum Gasteiger partial charge on any atom is -0.326 e. The van der Waals surface area contributed by atoms with Crippen LogP contribution >= 0.6 is 15.9 Å². The van der Waals surface area contributed by atoms with E-state index in [-0.39, 0.29) is 6.04 Å².